The van der Waals surface area contributed by atoms with Crippen LogP contribution < -0.4 is 5.32 Å². The van der Waals surface area contributed by atoms with Gasteiger partial charge in [0, 0.05) is 12.7 Å². The van der Waals surface area contributed by atoms with Crippen molar-refractivity contribution in [3.63, 3.8) is 0 Å². The molecule has 0 spiro atoms. The topological polar surface area (TPSA) is 12.0 Å². The Kier molecular flexibility index (Phi) is 33.0. The van der Waals surface area contributed by atoms with Crippen LogP contribution in [0.4, 0.5) is 0 Å². The lowest BCUT2D eigenvalue weighted by atomic mass is 9.96. The molecule has 0 amide bonds. The van der Waals surface area contributed by atoms with Crippen LogP contribution >= 0.6 is 0 Å². The Morgan fingerprint density at radius 1 is 0.500 bits per heavy atom. The van der Waals surface area contributed by atoms with Crippen molar-refractivity contribution in [2.75, 3.05) is 7.05 Å². The predicted octanol–water partition coefficient (Wildman–Crippen LogP) is 15.5. The number of benzene rings is 4. The molecule has 0 bridgehead atoms. The van der Waals surface area contributed by atoms with Gasteiger partial charge in [0.15, 0.2) is 0 Å². The Balaban J connectivity index is 0. The van der Waals surface area contributed by atoms with Crippen LogP contribution in [0.5, 0.6) is 0 Å². The molecule has 0 aliphatic rings. The van der Waals surface area contributed by atoms with Crippen molar-refractivity contribution in [1.29, 1.82) is 0 Å². The van der Waals surface area contributed by atoms with E-state index in [1.807, 2.05) is 39.1 Å². The first-order valence-electron chi connectivity index (χ1n) is 20.2. The molecule has 1 N–H and O–H groups in total. The molecule has 1 unspecified atom stereocenters. The van der Waals surface area contributed by atoms with E-state index >= 15 is 0 Å². The summed E-state index contributed by atoms with van der Waals surface area (Å²) in [6.45, 7) is 36.9. The number of hydrogen-bond acceptors (Lipinski definition) is 1. The zero-order chi connectivity index (χ0) is 41.1. The normalized spacial score (nSPS) is 10.6. The SMILES string of the molecule is C=C(C)C(C)Cc1ccccc1.C=C(C)CCc1ccccc1.C=C(C)CCc1ccccc1.C=C(NC)[C@@H](C)Cc1ccccc1.CC.CCC(C)C. The Hall–Kier alpha value is -4.36. The van der Waals surface area contributed by atoms with E-state index in [0.29, 0.717) is 11.8 Å². The van der Waals surface area contributed by atoms with Gasteiger partial charge < -0.3 is 5.32 Å². The zero-order valence-electron chi connectivity index (χ0n) is 36.6. The van der Waals surface area contributed by atoms with Crippen LogP contribution in [0.1, 0.15) is 111 Å². The minimum absolute atomic E-state index is 0.493. The summed E-state index contributed by atoms with van der Waals surface area (Å²) < 4.78 is 0. The molecule has 4 rings (SSSR count). The van der Waals surface area contributed by atoms with Gasteiger partial charge in [-0.25, -0.2) is 0 Å². The van der Waals surface area contributed by atoms with Gasteiger partial charge in [0.1, 0.15) is 0 Å². The van der Waals surface area contributed by atoms with E-state index in [0.717, 1.165) is 50.1 Å². The third-order valence-electron chi connectivity index (χ3n) is 8.71. The summed E-state index contributed by atoms with van der Waals surface area (Å²) in [5.74, 6) is 1.97. The minimum Gasteiger partial charge on any atom is -0.392 e. The second-order valence-electron chi connectivity index (χ2n) is 14.5. The van der Waals surface area contributed by atoms with Crippen LogP contribution in [-0.4, -0.2) is 7.05 Å². The Labute approximate surface area is 335 Å². The van der Waals surface area contributed by atoms with E-state index in [9.17, 15) is 0 Å². The molecule has 0 aliphatic heterocycles. The fourth-order valence-electron chi connectivity index (χ4n) is 4.48. The summed E-state index contributed by atoms with van der Waals surface area (Å²) in [6, 6.07) is 42.1. The third kappa shape index (κ3) is 31.2. The Bertz CT molecular complexity index is 1410. The molecule has 0 saturated heterocycles. The number of allylic oxidation sites excluding steroid dienone is 4. The summed E-state index contributed by atoms with van der Waals surface area (Å²) in [7, 11) is 1.92. The molecule has 0 saturated carbocycles. The highest BCUT2D eigenvalue weighted by atomic mass is 14.8. The molecule has 1 nitrogen and oxygen atoms in total. The van der Waals surface area contributed by atoms with Crippen LogP contribution in [0.3, 0.4) is 0 Å². The average Bonchev–Trinajstić information content (AvgIpc) is 3.19. The summed E-state index contributed by atoms with van der Waals surface area (Å²) in [6.07, 6.45) is 7.91. The summed E-state index contributed by atoms with van der Waals surface area (Å²) in [5.41, 5.74) is 10.4. The molecular weight excluding hydrogens is 651 g/mol. The molecule has 0 aromatic heterocycles. The number of nitrogens with one attached hydrogen (secondary N) is 1. The molecule has 0 heterocycles. The maximum atomic E-state index is 3.96. The van der Waals surface area contributed by atoms with Gasteiger partial charge in [-0.2, -0.15) is 0 Å². The molecule has 2 atom stereocenters. The Morgan fingerprint density at radius 2 is 0.778 bits per heavy atom. The molecule has 4 aromatic rings. The van der Waals surface area contributed by atoms with E-state index in [-0.39, 0.29) is 0 Å². The van der Waals surface area contributed by atoms with Gasteiger partial charge in [0.05, 0.1) is 0 Å². The molecular formula is C53H79N. The van der Waals surface area contributed by atoms with Gasteiger partial charge in [-0.05, 0) is 99.3 Å². The lowest BCUT2D eigenvalue weighted by Gasteiger charge is -2.13. The summed E-state index contributed by atoms with van der Waals surface area (Å²) >= 11 is 0. The van der Waals surface area contributed by atoms with Gasteiger partial charge >= 0.3 is 0 Å². The molecule has 0 fully saturated rings. The van der Waals surface area contributed by atoms with E-state index in [1.165, 1.54) is 45.4 Å². The second kappa shape index (κ2) is 34.4. The van der Waals surface area contributed by atoms with Gasteiger partial charge in [-0.1, -0.05) is 206 Å². The maximum Gasteiger partial charge on any atom is 0.00631 e. The monoisotopic (exact) mass is 730 g/mol. The van der Waals surface area contributed by atoms with Gasteiger partial charge in [0.25, 0.3) is 0 Å². The van der Waals surface area contributed by atoms with Crippen LogP contribution in [0, 0.1) is 17.8 Å². The standard InChI is InChI=1S/C12H17N.C12H16.2C11H14.C5H12.C2H6/c1-10(11(2)13-3)9-12-7-5-4-6-8-12;1-10(2)11(3)9-12-7-5-4-6-8-12;2*1-10(2)8-9-11-6-4-3-5-7-11;1-4-5(2)3;1-2/h4-8,10,13H,2,9H2,1,3H3;4-8,11H,1,9H2,2-3H3;2*3-7H,1,8-9H2,2H3;5H,4H2,1-3H3;1-2H3/t10-;;;;;/m0...../s1. The van der Waals surface area contributed by atoms with E-state index in [1.54, 1.807) is 0 Å². The molecule has 1 heteroatoms. The van der Waals surface area contributed by atoms with Crippen LogP contribution in [0.25, 0.3) is 0 Å². The minimum atomic E-state index is 0.493. The van der Waals surface area contributed by atoms with Crippen molar-refractivity contribution in [2.45, 2.75) is 114 Å². The fraction of sp³-hybridized carbons (Fsp3) is 0.396. The van der Waals surface area contributed by atoms with Crippen LogP contribution in [-0.2, 0) is 25.7 Å². The largest absolute Gasteiger partial charge is 0.392 e. The first-order valence-corrected chi connectivity index (χ1v) is 20.2. The first-order chi connectivity index (χ1) is 25.8. The van der Waals surface area contributed by atoms with Crippen molar-refractivity contribution in [2.24, 2.45) is 17.8 Å². The Morgan fingerprint density at radius 3 is 1.02 bits per heavy atom. The predicted molar refractivity (Wildman–Crippen MR) is 247 cm³/mol. The lowest BCUT2D eigenvalue weighted by Crippen LogP contribution is -2.14. The second-order valence-corrected chi connectivity index (χ2v) is 14.5. The van der Waals surface area contributed by atoms with Gasteiger partial charge in [-0.3, -0.25) is 0 Å². The molecule has 296 valence electrons. The summed E-state index contributed by atoms with van der Waals surface area (Å²) in [4.78, 5) is 0. The first kappa shape index (κ1) is 51.7. The zero-order valence-corrected chi connectivity index (χ0v) is 36.6. The van der Waals surface area contributed by atoms with Crippen LogP contribution in [0.15, 0.2) is 170 Å². The molecule has 4 aromatic carbocycles. The van der Waals surface area contributed by atoms with E-state index in [2.05, 4.69) is 190 Å². The highest BCUT2D eigenvalue weighted by Crippen LogP contribution is 2.14. The van der Waals surface area contributed by atoms with Gasteiger partial charge in [-0.15, -0.1) is 13.2 Å². The highest BCUT2D eigenvalue weighted by Gasteiger charge is 2.05. The van der Waals surface area contributed by atoms with Crippen molar-refractivity contribution < 1.29 is 0 Å². The smallest absolute Gasteiger partial charge is 0.00631 e. The van der Waals surface area contributed by atoms with Gasteiger partial charge in [0.2, 0.25) is 0 Å². The van der Waals surface area contributed by atoms with Crippen LogP contribution in [0.2, 0.25) is 0 Å². The number of rotatable bonds is 14. The fourth-order valence-corrected chi connectivity index (χ4v) is 4.48. The molecule has 54 heavy (non-hydrogen) atoms. The van der Waals surface area contributed by atoms with Crippen molar-refractivity contribution in [3.8, 4) is 0 Å². The molecule has 0 aliphatic carbocycles. The van der Waals surface area contributed by atoms with E-state index < -0.39 is 0 Å². The van der Waals surface area contributed by atoms with Crippen molar-refractivity contribution in [1.82, 2.24) is 5.32 Å². The van der Waals surface area contributed by atoms with E-state index in [4.69, 9.17) is 0 Å². The maximum absolute atomic E-state index is 3.96. The third-order valence-corrected chi connectivity index (χ3v) is 8.71. The lowest BCUT2D eigenvalue weighted by molar-refractivity contribution is 0.626. The number of hydrogen-bond donors (Lipinski definition) is 1. The average molecular weight is 730 g/mol. The quantitative estimate of drug-likeness (QED) is 0.127. The van der Waals surface area contributed by atoms with Crippen molar-refractivity contribution >= 4 is 0 Å². The highest BCUT2D eigenvalue weighted by molar-refractivity contribution is 5.19. The summed E-state index contributed by atoms with van der Waals surface area (Å²) in [5, 5.41) is 3.09. The van der Waals surface area contributed by atoms with Crippen molar-refractivity contribution in [3.05, 3.63) is 192 Å². The number of aryl methyl sites for hydroxylation is 2. The molecule has 0 radical (unpaired) electrons.